The molecule has 1 aromatic heterocycles. The number of aliphatic carboxylic acids is 1. The van der Waals surface area contributed by atoms with Crippen molar-refractivity contribution < 1.29 is 24.3 Å². The standard InChI is InChI=1S/C26H42N12O5/c1-31-38-19(9-5-11-33-26(29)30)23(41)37-18(8-4-10-32-25(27)28)22(40)35-14-21(39)36-20(24(42)43)12-15-13-34-17-7-3-2-6-16(15)17/h2-3,6-7,13,18-20,31,34,38H,4-5,8-12,14H2,1H3,(H,35,40)(H,36,39)(H,37,41)(H,42,43)(H4,27,28,32)(H4,29,30,33). The molecule has 0 fully saturated rings. The molecule has 15 N–H and O–H groups in total. The molecule has 3 amide bonds. The number of carbonyl (C=O) groups is 4. The molecule has 3 atom stereocenters. The maximum atomic E-state index is 13.1. The van der Waals surface area contributed by atoms with Gasteiger partial charge in [0.15, 0.2) is 11.9 Å². The Labute approximate surface area is 248 Å². The molecule has 3 unspecified atom stereocenters. The predicted octanol–water partition coefficient (Wildman–Crippen LogP) is -2.92. The number of aliphatic imine (C=N–C) groups is 2. The lowest BCUT2D eigenvalue weighted by molar-refractivity contribution is -0.141. The third-order valence-electron chi connectivity index (χ3n) is 6.31. The minimum Gasteiger partial charge on any atom is -0.480 e. The van der Waals surface area contributed by atoms with E-state index in [2.05, 4.69) is 41.8 Å². The van der Waals surface area contributed by atoms with Crippen LogP contribution in [0.25, 0.3) is 10.9 Å². The number of nitrogens with two attached hydrogens (primary N) is 4. The summed E-state index contributed by atoms with van der Waals surface area (Å²) in [6, 6.07) is 4.41. The van der Waals surface area contributed by atoms with Gasteiger partial charge in [-0.1, -0.05) is 18.2 Å². The quantitative estimate of drug-likeness (QED) is 0.0335. The van der Waals surface area contributed by atoms with Crippen LogP contribution in [0.5, 0.6) is 0 Å². The first-order valence-corrected chi connectivity index (χ1v) is 13.7. The van der Waals surface area contributed by atoms with Gasteiger partial charge in [0.25, 0.3) is 0 Å². The third-order valence-corrected chi connectivity index (χ3v) is 6.31. The number of amides is 3. The maximum absolute atomic E-state index is 13.1. The first-order valence-electron chi connectivity index (χ1n) is 13.7. The Bertz CT molecular complexity index is 1290. The molecule has 0 radical (unpaired) electrons. The molecule has 17 heteroatoms. The van der Waals surface area contributed by atoms with Crippen molar-refractivity contribution in [2.24, 2.45) is 32.9 Å². The lowest BCUT2D eigenvalue weighted by Gasteiger charge is -2.23. The highest BCUT2D eigenvalue weighted by molar-refractivity contribution is 5.93. The van der Waals surface area contributed by atoms with E-state index in [4.69, 9.17) is 22.9 Å². The summed E-state index contributed by atoms with van der Waals surface area (Å²) in [6.45, 7) is 0.0213. The predicted molar refractivity (Wildman–Crippen MR) is 162 cm³/mol. The molecular weight excluding hydrogens is 560 g/mol. The summed E-state index contributed by atoms with van der Waals surface area (Å²) in [5, 5.41) is 18.2. The second-order valence-electron chi connectivity index (χ2n) is 9.65. The van der Waals surface area contributed by atoms with Crippen LogP contribution >= 0.6 is 0 Å². The summed E-state index contributed by atoms with van der Waals surface area (Å²) < 4.78 is 0. The SMILES string of the molecule is CNNC(CCCN=C(N)N)C(=O)NC(CCCN=C(N)N)C(=O)NCC(=O)NC(Cc1c[nH]c2ccccc12)C(=O)O. The number of carboxylic acid groups (broad SMARTS) is 1. The Kier molecular flexibility index (Phi) is 14.2. The number of hydrogen-bond acceptors (Lipinski definition) is 8. The highest BCUT2D eigenvalue weighted by Gasteiger charge is 2.26. The van der Waals surface area contributed by atoms with Crippen molar-refractivity contribution in [1.29, 1.82) is 0 Å². The molecule has 0 saturated carbocycles. The Morgan fingerprint density at radius 1 is 0.884 bits per heavy atom. The molecule has 0 aliphatic rings. The Morgan fingerprint density at radius 3 is 2.12 bits per heavy atom. The summed E-state index contributed by atoms with van der Waals surface area (Å²) in [4.78, 5) is 61.5. The zero-order chi connectivity index (χ0) is 31.8. The van der Waals surface area contributed by atoms with Gasteiger partial charge < -0.3 is 49.0 Å². The van der Waals surface area contributed by atoms with Gasteiger partial charge in [0, 0.05) is 36.6 Å². The molecule has 0 spiro atoms. The van der Waals surface area contributed by atoms with Crippen LogP contribution in [0.2, 0.25) is 0 Å². The van der Waals surface area contributed by atoms with Crippen LogP contribution in [0.15, 0.2) is 40.4 Å². The zero-order valence-electron chi connectivity index (χ0n) is 24.1. The topological polar surface area (TPSA) is 293 Å². The molecule has 17 nitrogen and oxygen atoms in total. The van der Waals surface area contributed by atoms with E-state index in [0.717, 1.165) is 16.5 Å². The van der Waals surface area contributed by atoms with Crippen molar-refractivity contribution in [1.82, 2.24) is 31.8 Å². The van der Waals surface area contributed by atoms with E-state index in [1.807, 2.05) is 24.3 Å². The molecule has 0 bridgehead atoms. The molecule has 2 rings (SSSR count). The molecule has 0 aliphatic heterocycles. The smallest absolute Gasteiger partial charge is 0.326 e. The maximum Gasteiger partial charge on any atom is 0.326 e. The summed E-state index contributed by atoms with van der Waals surface area (Å²) >= 11 is 0. The number of nitrogens with one attached hydrogen (secondary N) is 6. The number of carboxylic acids is 1. The largest absolute Gasteiger partial charge is 0.480 e. The van der Waals surface area contributed by atoms with Crippen LogP contribution in [-0.2, 0) is 25.6 Å². The second-order valence-corrected chi connectivity index (χ2v) is 9.65. The molecular formula is C26H42N12O5. The van der Waals surface area contributed by atoms with Crippen molar-refractivity contribution >= 4 is 46.5 Å². The van der Waals surface area contributed by atoms with Gasteiger partial charge in [-0.15, -0.1) is 0 Å². The zero-order valence-corrected chi connectivity index (χ0v) is 24.1. The lowest BCUT2D eigenvalue weighted by atomic mass is 10.0. The molecule has 236 valence electrons. The van der Waals surface area contributed by atoms with E-state index in [-0.39, 0.29) is 31.3 Å². The average molecular weight is 603 g/mol. The van der Waals surface area contributed by atoms with Crippen molar-refractivity contribution in [3.8, 4) is 0 Å². The lowest BCUT2D eigenvalue weighted by Crippen LogP contribution is -2.55. The highest BCUT2D eigenvalue weighted by atomic mass is 16.4. The fourth-order valence-corrected chi connectivity index (χ4v) is 4.25. The summed E-state index contributed by atoms with van der Waals surface area (Å²) in [5.41, 5.74) is 28.5. The molecule has 1 aromatic carbocycles. The number of guanidine groups is 2. The molecule has 0 aliphatic carbocycles. The number of para-hydroxylation sites is 1. The number of fused-ring (bicyclic) bond motifs is 1. The van der Waals surface area contributed by atoms with Crippen LogP contribution in [0, 0.1) is 0 Å². The molecule has 0 saturated heterocycles. The number of rotatable bonds is 19. The summed E-state index contributed by atoms with van der Waals surface area (Å²) in [6.07, 6.45) is 3.07. The van der Waals surface area contributed by atoms with E-state index in [9.17, 15) is 24.3 Å². The monoisotopic (exact) mass is 602 g/mol. The number of H-pyrrole nitrogens is 1. The number of hydrazine groups is 1. The number of benzene rings is 1. The number of carbonyl (C=O) groups excluding carboxylic acids is 3. The van der Waals surface area contributed by atoms with Crippen LogP contribution in [0.3, 0.4) is 0 Å². The van der Waals surface area contributed by atoms with Crippen molar-refractivity contribution in [3.63, 3.8) is 0 Å². The summed E-state index contributed by atoms with van der Waals surface area (Å²) in [5.74, 6) is -3.22. The van der Waals surface area contributed by atoms with Gasteiger partial charge in [0.2, 0.25) is 17.7 Å². The number of aromatic nitrogens is 1. The van der Waals surface area contributed by atoms with Crippen molar-refractivity contribution in [2.45, 2.75) is 50.2 Å². The van der Waals surface area contributed by atoms with E-state index in [0.29, 0.717) is 25.8 Å². The van der Waals surface area contributed by atoms with E-state index in [1.54, 1.807) is 13.2 Å². The molecule has 2 aromatic rings. The number of nitrogens with zero attached hydrogens (tertiary/aromatic N) is 2. The Hall–Kier alpha value is -4.90. The van der Waals surface area contributed by atoms with Gasteiger partial charge >= 0.3 is 5.97 Å². The van der Waals surface area contributed by atoms with Gasteiger partial charge in [-0.25, -0.2) is 10.2 Å². The normalized spacial score (nSPS) is 12.9. The van der Waals surface area contributed by atoms with E-state index in [1.165, 1.54) is 0 Å². The second kappa shape index (κ2) is 17.8. The van der Waals surface area contributed by atoms with Gasteiger partial charge in [-0.2, -0.15) is 0 Å². The Morgan fingerprint density at radius 2 is 1.51 bits per heavy atom. The van der Waals surface area contributed by atoms with E-state index < -0.39 is 48.4 Å². The van der Waals surface area contributed by atoms with Crippen LogP contribution < -0.4 is 49.7 Å². The van der Waals surface area contributed by atoms with Gasteiger partial charge in [-0.05, 0) is 44.4 Å². The minimum atomic E-state index is -1.23. The third kappa shape index (κ3) is 12.2. The highest BCUT2D eigenvalue weighted by Crippen LogP contribution is 2.19. The van der Waals surface area contributed by atoms with E-state index >= 15 is 0 Å². The minimum absolute atomic E-state index is 0.0333. The van der Waals surface area contributed by atoms with Crippen molar-refractivity contribution in [3.05, 3.63) is 36.0 Å². The molecule has 1 heterocycles. The first-order chi connectivity index (χ1) is 20.5. The average Bonchev–Trinajstić information content (AvgIpc) is 3.36. The van der Waals surface area contributed by atoms with Gasteiger partial charge in [0.05, 0.1) is 12.6 Å². The Balaban J connectivity index is 2.01. The van der Waals surface area contributed by atoms with Crippen molar-refractivity contribution in [2.75, 3.05) is 26.7 Å². The fraction of sp³-hybridized carbons (Fsp3) is 0.462. The van der Waals surface area contributed by atoms with Crippen LogP contribution in [0.4, 0.5) is 0 Å². The van der Waals surface area contributed by atoms with Crippen LogP contribution in [0.1, 0.15) is 31.2 Å². The van der Waals surface area contributed by atoms with Gasteiger partial charge in [-0.3, -0.25) is 29.8 Å². The summed E-state index contributed by atoms with van der Waals surface area (Å²) in [7, 11) is 1.59. The molecule has 43 heavy (non-hydrogen) atoms. The fourth-order valence-electron chi connectivity index (χ4n) is 4.25. The first kappa shape index (κ1) is 34.3. The van der Waals surface area contributed by atoms with Crippen LogP contribution in [-0.4, -0.2) is 90.5 Å². The van der Waals surface area contributed by atoms with Gasteiger partial charge in [0.1, 0.15) is 12.1 Å². The number of hydrogen-bond donors (Lipinski definition) is 11. The number of aromatic amines is 1.